The Morgan fingerprint density at radius 1 is 1.23 bits per heavy atom. The van der Waals surface area contributed by atoms with Gasteiger partial charge in [-0.05, 0) is 43.3 Å². The van der Waals surface area contributed by atoms with Crippen LogP contribution in [0.2, 0.25) is 0 Å². The largest absolute Gasteiger partial charge is 0.494 e. The molecular weight excluding hydrogens is 382 g/mol. The second kappa shape index (κ2) is 9.56. The van der Waals surface area contributed by atoms with Gasteiger partial charge in [0, 0.05) is 18.7 Å². The van der Waals surface area contributed by atoms with E-state index in [-0.39, 0.29) is 31.0 Å². The van der Waals surface area contributed by atoms with Gasteiger partial charge < -0.3 is 15.4 Å². The molecule has 8 nitrogen and oxygen atoms in total. The van der Waals surface area contributed by atoms with Crippen LogP contribution in [0.3, 0.4) is 0 Å². The van der Waals surface area contributed by atoms with Gasteiger partial charge in [0.25, 0.3) is 5.91 Å². The number of nitrogens with two attached hydrogens (primary N) is 1. The molecule has 30 heavy (non-hydrogen) atoms. The minimum atomic E-state index is -0.746. The zero-order valence-electron chi connectivity index (χ0n) is 16.7. The molecule has 0 radical (unpaired) electrons. The number of ether oxygens (including phenoxy) is 1. The van der Waals surface area contributed by atoms with Gasteiger partial charge in [-0.1, -0.05) is 18.2 Å². The summed E-state index contributed by atoms with van der Waals surface area (Å²) in [5.74, 6) is -0.231. The second-order valence-electron chi connectivity index (χ2n) is 6.64. The van der Waals surface area contributed by atoms with Crippen molar-refractivity contribution in [1.29, 1.82) is 5.26 Å². The Hall–Kier alpha value is -3.86. The van der Waals surface area contributed by atoms with Crippen LogP contribution in [0.25, 0.3) is 0 Å². The van der Waals surface area contributed by atoms with Gasteiger partial charge in [0.05, 0.1) is 24.8 Å². The lowest BCUT2D eigenvalue weighted by Gasteiger charge is -2.22. The number of rotatable bonds is 8. The van der Waals surface area contributed by atoms with Crippen molar-refractivity contribution >= 4 is 28.9 Å². The van der Waals surface area contributed by atoms with E-state index in [2.05, 4.69) is 11.2 Å². The highest BCUT2D eigenvalue weighted by atomic mass is 16.5. The number of anilines is 2. The molecule has 2 amide bonds. The Bertz CT molecular complexity index is 967. The van der Waals surface area contributed by atoms with E-state index in [0.717, 1.165) is 0 Å². The van der Waals surface area contributed by atoms with Gasteiger partial charge in [-0.3, -0.25) is 14.6 Å². The molecular formula is C22H23N5O3. The monoisotopic (exact) mass is 405 g/mol. The van der Waals surface area contributed by atoms with Crippen molar-refractivity contribution in [2.45, 2.75) is 25.8 Å². The number of carbonyl (C=O) groups excluding carboxylic acids is 2. The summed E-state index contributed by atoms with van der Waals surface area (Å²) in [7, 11) is 0. The maximum Gasteiger partial charge on any atom is 0.274 e. The van der Waals surface area contributed by atoms with Crippen LogP contribution in [0.5, 0.6) is 5.75 Å². The number of hydrazone groups is 1. The van der Waals surface area contributed by atoms with Crippen LogP contribution in [0.1, 0.15) is 19.8 Å². The number of primary amides is 1. The van der Waals surface area contributed by atoms with Gasteiger partial charge in [0.1, 0.15) is 17.5 Å². The number of nitriles is 1. The summed E-state index contributed by atoms with van der Waals surface area (Å²) in [6.07, 6.45) is 0.261. The van der Waals surface area contributed by atoms with Crippen molar-refractivity contribution in [1.82, 2.24) is 0 Å². The number of hydrogen-bond acceptors (Lipinski definition) is 6. The predicted octanol–water partition coefficient (Wildman–Crippen LogP) is 2.45. The van der Waals surface area contributed by atoms with Gasteiger partial charge in [-0.2, -0.15) is 10.4 Å². The fourth-order valence-electron chi connectivity index (χ4n) is 3.23. The molecule has 0 spiro atoms. The number of amides is 2. The lowest BCUT2D eigenvalue weighted by atomic mass is 10.1. The standard InChI is InChI=1S/C22H23N5O3/c1-2-30-18-11-9-16(10-12-18)26(14-6-13-23)22(29)19-15-20(21(24)28)27(25-19)17-7-4-3-5-8-17/h3-5,7-12,20H,2,6,14-15H2,1H3,(H2,24,28). The number of nitrogens with zero attached hydrogens (tertiary/aromatic N) is 4. The van der Waals surface area contributed by atoms with E-state index in [1.165, 1.54) is 9.91 Å². The van der Waals surface area contributed by atoms with E-state index in [1.807, 2.05) is 25.1 Å². The highest BCUT2D eigenvalue weighted by Crippen LogP contribution is 2.27. The molecule has 0 aliphatic carbocycles. The predicted molar refractivity (Wildman–Crippen MR) is 114 cm³/mol. The van der Waals surface area contributed by atoms with Crippen molar-refractivity contribution in [3.8, 4) is 11.8 Å². The lowest BCUT2D eigenvalue weighted by molar-refractivity contribution is -0.119. The summed E-state index contributed by atoms with van der Waals surface area (Å²) in [5.41, 5.74) is 7.08. The minimum absolute atomic E-state index is 0.100. The Balaban J connectivity index is 1.89. The Morgan fingerprint density at radius 2 is 1.93 bits per heavy atom. The summed E-state index contributed by atoms with van der Waals surface area (Å²) in [5, 5.41) is 14.9. The maximum absolute atomic E-state index is 13.3. The van der Waals surface area contributed by atoms with Gasteiger partial charge in [0.2, 0.25) is 5.91 Å². The van der Waals surface area contributed by atoms with Crippen LogP contribution in [0.4, 0.5) is 11.4 Å². The zero-order chi connectivity index (χ0) is 21.5. The number of hydrogen-bond donors (Lipinski definition) is 1. The molecule has 1 aliphatic rings. The smallest absolute Gasteiger partial charge is 0.274 e. The number of para-hydroxylation sites is 1. The average Bonchev–Trinajstić information content (AvgIpc) is 3.22. The third-order valence-electron chi connectivity index (χ3n) is 4.66. The Morgan fingerprint density at radius 3 is 2.53 bits per heavy atom. The van der Waals surface area contributed by atoms with E-state index in [1.54, 1.807) is 36.4 Å². The lowest BCUT2D eigenvalue weighted by Crippen LogP contribution is -2.40. The SMILES string of the molecule is CCOc1ccc(N(CCC#N)C(=O)C2=NN(c3ccccc3)C(C(N)=O)C2)cc1. The summed E-state index contributed by atoms with van der Waals surface area (Å²) in [6, 6.07) is 17.5. The molecule has 1 atom stereocenters. The number of carbonyl (C=O) groups is 2. The zero-order valence-corrected chi connectivity index (χ0v) is 16.7. The molecule has 1 aliphatic heterocycles. The molecule has 3 rings (SSSR count). The normalized spacial score (nSPS) is 15.3. The highest BCUT2D eigenvalue weighted by Gasteiger charge is 2.36. The molecule has 0 fully saturated rings. The van der Waals surface area contributed by atoms with Crippen LogP contribution in [0, 0.1) is 11.3 Å². The van der Waals surface area contributed by atoms with Crippen LogP contribution in [-0.4, -0.2) is 36.7 Å². The molecule has 1 unspecified atom stereocenters. The molecule has 1 heterocycles. The first-order valence-electron chi connectivity index (χ1n) is 9.68. The summed E-state index contributed by atoms with van der Waals surface area (Å²) in [4.78, 5) is 26.8. The minimum Gasteiger partial charge on any atom is -0.494 e. The molecule has 2 aromatic carbocycles. The molecule has 0 aromatic heterocycles. The third kappa shape index (κ3) is 4.58. The topological polar surface area (TPSA) is 112 Å². The maximum atomic E-state index is 13.3. The molecule has 154 valence electrons. The average molecular weight is 405 g/mol. The quantitative estimate of drug-likeness (QED) is 0.725. The molecule has 2 aromatic rings. The molecule has 2 N–H and O–H groups in total. The summed E-state index contributed by atoms with van der Waals surface area (Å²) < 4.78 is 5.45. The van der Waals surface area contributed by atoms with Crippen molar-refractivity contribution in [2.24, 2.45) is 10.8 Å². The Labute approximate surface area is 175 Å². The Kier molecular flexibility index (Phi) is 6.65. The molecule has 0 saturated heterocycles. The third-order valence-corrected chi connectivity index (χ3v) is 4.66. The second-order valence-corrected chi connectivity index (χ2v) is 6.64. The summed E-state index contributed by atoms with van der Waals surface area (Å²) in [6.45, 7) is 2.63. The fraction of sp³-hybridized carbons (Fsp3) is 0.273. The first-order valence-corrected chi connectivity index (χ1v) is 9.68. The van der Waals surface area contributed by atoms with Crippen LogP contribution < -0.4 is 20.4 Å². The van der Waals surface area contributed by atoms with Crippen LogP contribution >= 0.6 is 0 Å². The highest BCUT2D eigenvalue weighted by molar-refractivity contribution is 6.45. The van der Waals surface area contributed by atoms with Crippen LogP contribution in [0.15, 0.2) is 59.7 Å². The molecule has 0 saturated carbocycles. The van der Waals surface area contributed by atoms with Gasteiger partial charge in [-0.15, -0.1) is 0 Å². The van der Waals surface area contributed by atoms with Gasteiger partial charge >= 0.3 is 0 Å². The van der Waals surface area contributed by atoms with E-state index in [9.17, 15) is 9.59 Å². The van der Waals surface area contributed by atoms with E-state index >= 15 is 0 Å². The molecule has 0 bridgehead atoms. The van der Waals surface area contributed by atoms with E-state index in [4.69, 9.17) is 15.7 Å². The first kappa shape index (κ1) is 20.9. The van der Waals surface area contributed by atoms with Crippen LogP contribution in [-0.2, 0) is 9.59 Å². The summed E-state index contributed by atoms with van der Waals surface area (Å²) >= 11 is 0. The molecule has 8 heteroatoms. The first-order chi connectivity index (χ1) is 14.5. The van der Waals surface area contributed by atoms with Crippen molar-refractivity contribution in [2.75, 3.05) is 23.1 Å². The van der Waals surface area contributed by atoms with Crippen molar-refractivity contribution in [3.63, 3.8) is 0 Å². The van der Waals surface area contributed by atoms with Crippen molar-refractivity contribution in [3.05, 3.63) is 54.6 Å². The van der Waals surface area contributed by atoms with Crippen molar-refractivity contribution < 1.29 is 14.3 Å². The van der Waals surface area contributed by atoms with E-state index in [0.29, 0.717) is 23.7 Å². The fourth-order valence-corrected chi connectivity index (χ4v) is 3.23. The van der Waals surface area contributed by atoms with Gasteiger partial charge in [-0.25, -0.2) is 0 Å². The van der Waals surface area contributed by atoms with E-state index < -0.39 is 11.9 Å². The van der Waals surface area contributed by atoms with Gasteiger partial charge in [0.15, 0.2) is 0 Å². The number of benzene rings is 2.